The van der Waals surface area contributed by atoms with Crippen LogP contribution in [0.4, 0.5) is 0 Å². The van der Waals surface area contributed by atoms with E-state index in [0.29, 0.717) is 17.6 Å². The lowest BCUT2D eigenvalue weighted by molar-refractivity contribution is 0.0927. The van der Waals surface area contributed by atoms with E-state index in [1.807, 2.05) is 31.2 Å². The summed E-state index contributed by atoms with van der Waals surface area (Å²) in [6.07, 6.45) is 6.30. The van der Waals surface area contributed by atoms with E-state index in [-0.39, 0.29) is 17.5 Å². The number of fused-ring (bicyclic) bond motifs is 1. The predicted molar refractivity (Wildman–Crippen MR) is 97.6 cm³/mol. The fourth-order valence-electron chi connectivity index (χ4n) is 3.52. The lowest BCUT2D eigenvalue weighted by atomic mass is 10.1. The first-order valence-electron chi connectivity index (χ1n) is 9.05. The van der Waals surface area contributed by atoms with Gasteiger partial charge in [0.2, 0.25) is 0 Å². The number of amides is 1. The van der Waals surface area contributed by atoms with Gasteiger partial charge in [0.15, 0.2) is 0 Å². The van der Waals surface area contributed by atoms with Gasteiger partial charge >= 0.3 is 0 Å². The fraction of sp³-hybridized carbons (Fsp3) is 0.500. The molecule has 0 aliphatic heterocycles. The van der Waals surface area contributed by atoms with E-state index in [0.717, 1.165) is 36.6 Å². The van der Waals surface area contributed by atoms with Crippen LogP contribution in [-0.4, -0.2) is 16.5 Å². The SMILES string of the molecule is CCCCn1c(C(=O)NC2CCCC2)cc2ccc(C)cc2c1=O. The van der Waals surface area contributed by atoms with E-state index < -0.39 is 0 Å². The minimum Gasteiger partial charge on any atom is -0.348 e. The van der Waals surface area contributed by atoms with E-state index in [1.54, 1.807) is 4.57 Å². The average molecular weight is 326 g/mol. The van der Waals surface area contributed by atoms with Crippen molar-refractivity contribution in [3.05, 3.63) is 45.9 Å². The first-order valence-corrected chi connectivity index (χ1v) is 9.05. The van der Waals surface area contributed by atoms with Gasteiger partial charge in [0.1, 0.15) is 5.69 Å². The highest BCUT2D eigenvalue weighted by atomic mass is 16.2. The van der Waals surface area contributed by atoms with Gasteiger partial charge < -0.3 is 9.88 Å². The second-order valence-electron chi connectivity index (χ2n) is 6.89. The number of nitrogens with zero attached hydrogens (tertiary/aromatic N) is 1. The zero-order valence-corrected chi connectivity index (χ0v) is 14.6. The molecule has 2 aromatic rings. The zero-order valence-electron chi connectivity index (χ0n) is 14.6. The molecule has 1 fully saturated rings. The molecule has 1 aromatic heterocycles. The molecule has 128 valence electrons. The zero-order chi connectivity index (χ0) is 17.1. The summed E-state index contributed by atoms with van der Waals surface area (Å²) in [6.45, 7) is 4.66. The molecule has 0 spiro atoms. The highest BCUT2D eigenvalue weighted by Crippen LogP contribution is 2.19. The van der Waals surface area contributed by atoms with Crippen molar-refractivity contribution in [2.75, 3.05) is 0 Å². The van der Waals surface area contributed by atoms with Gasteiger partial charge in [-0.3, -0.25) is 9.59 Å². The molecule has 0 saturated heterocycles. The van der Waals surface area contributed by atoms with Crippen LogP contribution in [0.15, 0.2) is 29.1 Å². The molecule has 1 N–H and O–H groups in total. The summed E-state index contributed by atoms with van der Waals surface area (Å²) in [5, 5.41) is 4.66. The third kappa shape index (κ3) is 3.37. The minimum absolute atomic E-state index is 0.0544. The third-order valence-electron chi connectivity index (χ3n) is 4.93. The maximum Gasteiger partial charge on any atom is 0.268 e. The van der Waals surface area contributed by atoms with Crippen molar-refractivity contribution < 1.29 is 4.79 Å². The smallest absolute Gasteiger partial charge is 0.268 e. The van der Waals surface area contributed by atoms with E-state index in [9.17, 15) is 9.59 Å². The Morgan fingerprint density at radius 2 is 2.00 bits per heavy atom. The van der Waals surface area contributed by atoms with Crippen molar-refractivity contribution in [1.29, 1.82) is 0 Å². The Labute approximate surface area is 142 Å². The minimum atomic E-state index is -0.113. The number of rotatable bonds is 5. The van der Waals surface area contributed by atoms with Crippen LogP contribution in [0.1, 0.15) is 61.5 Å². The molecule has 0 radical (unpaired) electrons. The van der Waals surface area contributed by atoms with Crippen molar-refractivity contribution in [2.24, 2.45) is 0 Å². The second kappa shape index (κ2) is 7.20. The molecule has 0 unspecified atom stereocenters. The molecule has 4 nitrogen and oxygen atoms in total. The van der Waals surface area contributed by atoms with Gasteiger partial charge in [0, 0.05) is 18.0 Å². The molecule has 0 bridgehead atoms. The van der Waals surface area contributed by atoms with Gasteiger partial charge in [-0.15, -0.1) is 0 Å². The monoisotopic (exact) mass is 326 g/mol. The third-order valence-corrected chi connectivity index (χ3v) is 4.93. The molecule has 4 heteroatoms. The van der Waals surface area contributed by atoms with Gasteiger partial charge in [-0.2, -0.15) is 0 Å². The van der Waals surface area contributed by atoms with Crippen LogP contribution in [0.3, 0.4) is 0 Å². The molecular weight excluding hydrogens is 300 g/mol. The summed E-state index contributed by atoms with van der Waals surface area (Å²) >= 11 is 0. The Bertz CT molecular complexity index is 801. The van der Waals surface area contributed by atoms with Crippen molar-refractivity contribution in [2.45, 2.75) is 65.0 Å². The van der Waals surface area contributed by atoms with Gasteiger partial charge in [0.25, 0.3) is 11.5 Å². The normalized spacial score (nSPS) is 15.1. The lowest BCUT2D eigenvalue weighted by Crippen LogP contribution is -2.37. The van der Waals surface area contributed by atoms with Gasteiger partial charge in [-0.05, 0) is 43.7 Å². The Balaban J connectivity index is 2.04. The number of carbonyl (C=O) groups excluding carboxylic acids is 1. The molecule has 1 aromatic carbocycles. The van der Waals surface area contributed by atoms with Gasteiger partial charge in [-0.25, -0.2) is 0 Å². The van der Waals surface area contributed by atoms with E-state index in [1.165, 1.54) is 12.8 Å². The number of hydrogen-bond acceptors (Lipinski definition) is 2. The van der Waals surface area contributed by atoms with Crippen LogP contribution in [0.2, 0.25) is 0 Å². The number of aryl methyl sites for hydroxylation is 1. The lowest BCUT2D eigenvalue weighted by Gasteiger charge is -2.17. The molecule has 3 rings (SSSR count). The summed E-state index contributed by atoms with van der Waals surface area (Å²) in [5.74, 6) is -0.113. The molecule has 24 heavy (non-hydrogen) atoms. The molecular formula is C20H26N2O2. The quantitative estimate of drug-likeness (QED) is 0.909. The Morgan fingerprint density at radius 1 is 1.25 bits per heavy atom. The first kappa shape index (κ1) is 16.7. The van der Waals surface area contributed by atoms with Crippen LogP contribution in [0, 0.1) is 6.92 Å². The van der Waals surface area contributed by atoms with Crippen molar-refractivity contribution in [1.82, 2.24) is 9.88 Å². The molecule has 1 aliphatic carbocycles. The summed E-state index contributed by atoms with van der Waals surface area (Å²) in [4.78, 5) is 25.7. The Hall–Kier alpha value is -2.10. The maximum absolute atomic E-state index is 12.9. The number of carbonyl (C=O) groups is 1. The summed E-state index contributed by atoms with van der Waals surface area (Å²) in [5.41, 5.74) is 1.50. The summed E-state index contributed by atoms with van der Waals surface area (Å²) in [6, 6.07) is 7.95. The standard InChI is InChI=1S/C20H26N2O2/c1-3-4-11-22-18(19(23)21-16-7-5-6-8-16)13-15-10-9-14(2)12-17(15)20(22)24/h9-10,12-13,16H,3-8,11H2,1-2H3,(H,21,23). The number of aromatic nitrogens is 1. The molecule has 1 amide bonds. The number of hydrogen-bond donors (Lipinski definition) is 1. The van der Waals surface area contributed by atoms with Crippen LogP contribution >= 0.6 is 0 Å². The summed E-state index contributed by atoms with van der Waals surface area (Å²) in [7, 11) is 0. The fourth-order valence-corrected chi connectivity index (χ4v) is 3.52. The van der Waals surface area contributed by atoms with E-state index in [2.05, 4.69) is 12.2 Å². The second-order valence-corrected chi connectivity index (χ2v) is 6.89. The van der Waals surface area contributed by atoms with Gasteiger partial charge in [-0.1, -0.05) is 43.9 Å². The van der Waals surface area contributed by atoms with Crippen LogP contribution in [0.25, 0.3) is 10.8 Å². The topological polar surface area (TPSA) is 51.1 Å². The molecule has 1 saturated carbocycles. The van der Waals surface area contributed by atoms with E-state index >= 15 is 0 Å². The number of nitrogens with one attached hydrogen (secondary N) is 1. The van der Waals surface area contributed by atoms with Crippen molar-refractivity contribution >= 4 is 16.7 Å². The molecule has 1 heterocycles. The summed E-state index contributed by atoms with van der Waals surface area (Å²) < 4.78 is 1.66. The number of pyridine rings is 1. The number of unbranched alkanes of at least 4 members (excludes halogenated alkanes) is 1. The Morgan fingerprint density at radius 3 is 2.71 bits per heavy atom. The molecule has 0 atom stereocenters. The van der Waals surface area contributed by atoms with Crippen molar-refractivity contribution in [3.8, 4) is 0 Å². The highest BCUT2D eigenvalue weighted by molar-refractivity contribution is 5.97. The van der Waals surface area contributed by atoms with Crippen LogP contribution < -0.4 is 10.9 Å². The predicted octanol–water partition coefficient (Wildman–Crippen LogP) is 3.78. The van der Waals surface area contributed by atoms with E-state index in [4.69, 9.17) is 0 Å². The largest absolute Gasteiger partial charge is 0.348 e. The average Bonchev–Trinajstić information content (AvgIpc) is 3.07. The van der Waals surface area contributed by atoms with Gasteiger partial charge in [0.05, 0.1) is 0 Å². The van der Waals surface area contributed by atoms with Crippen LogP contribution in [-0.2, 0) is 6.54 Å². The van der Waals surface area contributed by atoms with Crippen molar-refractivity contribution in [3.63, 3.8) is 0 Å². The first-order chi connectivity index (χ1) is 11.6. The van der Waals surface area contributed by atoms with Crippen LogP contribution in [0.5, 0.6) is 0 Å². The highest BCUT2D eigenvalue weighted by Gasteiger charge is 2.21. The maximum atomic E-state index is 12.9. The molecule has 1 aliphatic rings. The number of benzene rings is 1. The Kier molecular flexibility index (Phi) is 5.03.